The van der Waals surface area contributed by atoms with E-state index < -0.39 is 0 Å². The molecule has 4 nitrogen and oxygen atoms in total. The molecule has 1 aliphatic rings. The lowest BCUT2D eigenvalue weighted by Crippen LogP contribution is -2.51. The first kappa shape index (κ1) is 13.6. The average Bonchev–Trinajstić information content (AvgIpc) is 2.94. The highest BCUT2D eigenvalue weighted by atomic mass is 16.3. The largest absolute Gasteiger partial charge is 0.394 e. The molecule has 0 aromatic carbocycles. The second kappa shape index (κ2) is 5.85. The molecule has 0 bridgehead atoms. The zero-order valence-corrected chi connectivity index (χ0v) is 11.5. The minimum absolute atomic E-state index is 0.0447. The summed E-state index contributed by atoms with van der Waals surface area (Å²) in [6, 6.07) is 0. The number of likely N-dealkylation sites (N-methyl/N-ethyl adjacent to an activating group) is 1. The Bertz CT molecular complexity index is 377. The maximum atomic E-state index is 9.73. The van der Waals surface area contributed by atoms with Crippen molar-refractivity contribution in [3.05, 3.63) is 18.0 Å². The molecule has 2 unspecified atom stereocenters. The van der Waals surface area contributed by atoms with E-state index in [2.05, 4.69) is 30.5 Å². The lowest BCUT2D eigenvalue weighted by Gasteiger charge is -2.35. The van der Waals surface area contributed by atoms with Gasteiger partial charge in [-0.25, -0.2) is 0 Å². The molecule has 1 aliphatic carbocycles. The number of aryl methyl sites for hydroxylation is 2. The van der Waals surface area contributed by atoms with Crippen LogP contribution in [0.1, 0.15) is 38.2 Å². The monoisotopic (exact) mass is 251 g/mol. The zero-order valence-electron chi connectivity index (χ0n) is 11.5. The van der Waals surface area contributed by atoms with Crippen molar-refractivity contribution in [3.8, 4) is 0 Å². The Kier molecular flexibility index (Phi) is 4.40. The van der Waals surface area contributed by atoms with E-state index in [0.717, 1.165) is 25.9 Å². The van der Waals surface area contributed by atoms with Gasteiger partial charge in [-0.05, 0) is 44.2 Å². The molecule has 1 aromatic rings. The molecule has 0 amide bonds. The fourth-order valence-corrected chi connectivity index (χ4v) is 3.29. The topological polar surface area (TPSA) is 50.1 Å². The van der Waals surface area contributed by atoms with Crippen LogP contribution in [0, 0.1) is 12.8 Å². The summed E-state index contributed by atoms with van der Waals surface area (Å²) in [7, 11) is 0. The van der Waals surface area contributed by atoms with Gasteiger partial charge in [0.1, 0.15) is 0 Å². The maximum Gasteiger partial charge on any atom is 0.0616 e. The van der Waals surface area contributed by atoms with E-state index >= 15 is 0 Å². The van der Waals surface area contributed by atoms with Gasteiger partial charge < -0.3 is 10.4 Å². The third-order valence-corrected chi connectivity index (χ3v) is 4.24. The molecular formula is C14H25N3O. The Morgan fingerprint density at radius 2 is 2.44 bits per heavy atom. The summed E-state index contributed by atoms with van der Waals surface area (Å²) in [5.41, 5.74) is 1.17. The summed E-state index contributed by atoms with van der Waals surface area (Å²) in [5.74, 6) is 0.562. The van der Waals surface area contributed by atoms with Crippen LogP contribution in [0.5, 0.6) is 0 Å². The molecule has 2 atom stereocenters. The first-order valence-corrected chi connectivity index (χ1v) is 7.05. The standard InChI is InChI=1S/C14H25N3O/c1-3-15-14(11-18)7-4-5-13(14)6-8-17-10-12(2)9-16-17/h9-10,13,15,18H,3-8,11H2,1-2H3. The van der Waals surface area contributed by atoms with Gasteiger partial charge in [0.2, 0.25) is 0 Å². The lowest BCUT2D eigenvalue weighted by molar-refractivity contribution is 0.118. The SMILES string of the molecule is CCNC1(CO)CCCC1CCn1cc(C)cn1. The first-order chi connectivity index (χ1) is 8.70. The van der Waals surface area contributed by atoms with Gasteiger partial charge in [-0.1, -0.05) is 13.3 Å². The number of aliphatic hydroxyl groups excluding tert-OH is 1. The van der Waals surface area contributed by atoms with Crippen molar-refractivity contribution < 1.29 is 5.11 Å². The van der Waals surface area contributed by atoms with E-state index in [-0.39, 0.29) is 12.1 Å². The molecule has 1 saturated carbocycles. The van der Waals surface area contributed by atoms with E-state index in [1.54, 1.807) is 0 Å². The van der Waals surface area contributed by atoms with Crippen molar-refractivity contribution in [1.29, 1.82) is 0 Å². The molecule has 0 spiro atoms. The number of nitrogens with one attached hydrogen (secondary N) is 1. The zero-order chi connectivity index (χ0) is 13.0. The molecule has 1 aromatic heterocycles. The van der Waals surface area contributed by atoms with E-state index in [1.165, 1.54) is 18.4 Å². The Morgan fingerprint density at radius 1 is 1.61 bits per heavy atom. The van der Waals surface area contributed by atoms with Crippen LogP contribution in [0.15, 0.2) is 12.4 Å². The van der Waals surface area contributed by atoms with Crippen molar-refractivity contribution in [2.75, 3.05) is 13.2 Å². The summed E-state index contributed by atoms with van der Waals surface area (Å²) in [4.78, 5) is 0. The predicted octanol–water partition coefficient (Wildman–Crippen LogP) is 1.72. The van der Waals surface area contributed by atoms with Crippen molar-refractivity contribution >= 4 is 0 Å². The fraction of sp³-hybridized carbons (Fsp3) is 0.786. The number of aromatic nitrogens is 2. The van der Waals surface area contributed by atoms with E-state index in [4.69, 9.17) is 0 Å². The lowest BCUT2D eigenvalue weighted by atomic mass is 9.85. The van der Waals surface area contributed by atoms with Crippen LogP contribution >= 0.6 is 0 Å². The number of nitrogens with zero attached hydrogens (tertiary/aromatic N) is 2. The summed E-state index contributed by atoms with van der Waals surface area (Å²) in [5, 5.41) is 17.6. The van der Waals surface area contributed by atoms with Crippen molar-refractivity contribution in [1.82, 2.24) is 15.1 Å². The molecule has 0 saturated heterocycles. The Morgan fingerprint density at radius 3 is 3.06 bits per heavy atom. The normalized spacial score (nSPS) is 27.8. The highest BCUT2D eigenvalue weighted by Crippen LogP contribution is 2.37. The smallest absolute Gasteiger partial charge is 0.0616 e. The Labute approximate surface area is 109 Å². The summed E-state index contributed by atoms with van der Waals surface area (Å²) >= 11 is 0. The highest BCUT2D eigenvalue weighted by molar-refractivity contribution is 5.01. The molecule has 102 valence electrons. The Balaban J connectivity index is 1.95. The molecule has 1 fully saturated rings. The van der Waals surface area contributed by atoms with Gasteiger partial charge in [-0.15, -0.1) is 0 Å². The van der Waals surface area contributed by atoms with Crippen molar-refractivity contribution in [2.24, 2.45) is 5.92 Å². The van der Waals surface area contributed by atoms with Crippen LogP contribution in [0.3, 0.4) is 0 Å². The second-order valence-electron chi connectivity index (χ2n) is 5.50. The predicted molar refractivity (Wildman–Crippen MR) is 72.4 cm³/mol. The van der Waals surface area contributed by atoms with Gasteiger partial charge >= 0.3 is 0 Å². The number of hydrogen-bond donors (Lipinski definition) is 2. The summed E-state index contributed by atoms with van der Waals surface area (Å²) < 4.78 is 2.02. The number of rotatable bonds is 6. The summed E-state index contributed by atoms with van der Waals surface area (Å²) in [6.45, 7) is 6.31. The van der Waals surface area contributed by atoms with Crippen LogP contribution in [-0.2, 0) is 6.54 Å². The van der Waals surface area contributed by atoms with Gasteiger partial charge in [0.25, 0.3) is 0 Å². The molecule has 0 radical (unpaired) electrons. The molecular weight excluding hydrogens is 226 g/mol. The maximum absolute atomic E-state index is 9.73. The van der Waals surface area contributed by atoms with Crippen molar-refractivity contribution in [3.63, 3.8) is 0 Å². The van der Waals surface area contributed by atoms with Crippen LogP contribution in [-0.4, -0.2) is 33.6 Å². The van der Waals surface area contributed by atoms with Crippen LogP contribution in [0.4, 0.5) is 0 Å². The number of hydrogen-bond acceptors (Lipinski definition) is 3. The van der Waals surface area contributed by atoms with Crippen LogP contribution < -0.4 is 5.32 Å². The quantitative estimate of drug-likeness (QED) is 0.809. The van der Waals surface area contributed by atoms with E-state index in [1.807, 2.05) is 10.9 Å². The minimum Gasteiger partial charge on any atom is -0.394 e. The third kappa shape index (κ3) is 2.75. The first-order valence-electron chi connectivity index (χ1n) is 7.05. The molecule has 2 rings (SSSR count). The van der Waals surface area contributed by atoms with Crippen LogP contribution in [0.25, 0.3) is 0 Å². The van der Waals surface area contributed by atoms with Crippen LogP contribution in [0.2, 0.25) is 0 Å². The molecule has 0 aliphatic heterocycles. The van der Waals surface area contributed by atoms with Crippen molar-refractivity contribution in [2.45, 2.75) is 51.6 Å². The highest BCUT2D eigenvalue weighted by Gasteiger charge is 2.41. The summed E-state index contributed by atoms with van der Waals surface area (Å²) in [6.07, 6.45) is 8.61. The third-order valence-electron chi connectivity index (χ3n) is 4.24. The fourth-order valence-electron chi connectivity index (χ4n) is 3.29. The Hall–Kier alpha value is -0.870. The van der Waals surface area contributed by atoms with Gasteiger partial charge in [0, 0.05) is 18.3 Å². The van der Waals surface area contributed by atoms with E-state index in [9.17, 15) is 5.11 Å². The van der Waals surface area contributed by atoms with Gasteiger partial charge in [-0.2, -0.15) is 5.10 Å². The second-order valence-corrected chi connectivity index (χ2v) is 5.50. The van der Waals surface area contributed by atoms with Gasteiger partial charge in [0.15, 0.2) is 0 Å². The minimum atomic E-state index is -0.0447. The molecule has 1 heterocycles. The van der Waals surface area contributed by atoms with E-state index in [0.29, 0.717) is 5.92 Å². The van der Waals surface area contributed by atoms with Gasteiger partial charge in [0.05, 0.1) is 12.8 Å². The molecule has 18 heavy (non-hydrogen) atoms. The van der Waals surface area contributed by atoms with Gasteiger partial charge in [-0.3, -0.25) is 4.68 Å². The molecule has 4 heteroatoms. The average molecular weight is 251 g/mol. The molecule has 2 N–H and O–H groups in total. The number of aliphatic hydroxyl groups is 1.